The van der Waals surface area contributed by atoms with Gasteiger partial charge in [0.1, 0.15) is 12.4 Å². The lowest BCUT2D eigenvalue weighted by molar-refractivity contribution is -0.0108. The minimum atomic E-state index is 0.0610. The minimum Gasteiger partial charge on any atom is -0.491 e. The molecule has 4 saturated carbocycles. The number of nitrogens with zero attached hydrogens (tertiary/aromatic N) is 1. The van der Waals surface area contributed by atoms with Gasteiger partial charge in [-0.15, -0.1) is 0 Å². The van der Waals surface area contributed by atoms with Gasteiger partial charge in [-0.2, -0.15) is 0 Å². The molecule has 4 nitrogen and oxygen atoms in total. The molecule has 0 aliphatic heterocycles. The first kappa shape index (κ1) is 16.7. The van der Waals surface area contributed by atoms with Gasteiger partial charge in [0, 0.05) is 13.1 Å². The van der Waals surface area contributed by atoms with Gasteiger partial charge in [0.25, 0.3) is 0 Å². The van der Waals surface area contributed by atoms with Crippen molar-refractivity contribution in [2.45, 2.75) is 45.1 Å². The molecule has 4 bridgehead atoms. The first-order valence-electron chi connectivity index (χ1n) is 9.80. The molecule has 0 unspecified atom stereocenters. The summed E-state index contributed by atoms with van der Waals surface area (Å²) in [6.07, 6.45) is 6.77. The van der Waals surface area contributed by atoms with Crippen molar-refractivity contribution in [2.24, 2.45) is 23.7 Å². The van der Waals surface area contributed by atoms with Crippen LogP contribution in [0.3, 0.4) is 0 Å². The standard InChI is InChI=1S/C21H30N2O2/c1-14-5-3-4-6-19(14)25-8-7-23(2)21(24)22-20-17-10-15-9-16(12-17)13-18(20)11-15/h3-6,15-18,20H,7-13H2,1-2H3,(H,22,24). The Bertz CT molecular complexity index is 602. The lowest BCUT2D eigenvalue weighted by Crippen LogP contribution is -2.57. The van der Waals surface area contributed by atoms with E-state index in [0.717, 1.165) is 35.0 Å². The Labute approximate surface area is 150 Å². The summed E-state index contributed by atoms with van der Waals surface area (Å²) in [7, 11) is 1.87. The van der Waals surface area contributed by atoms with Gasteiger partial charge in [-0.05, 0) is 74.3 Å². The lowest BCUT2D eigenvalue weighted by Gasteiger charge is -2.54. The molecule has 0 spiro atoms. The van der Waals surface area contributed by atoms with Crippen LogP contribution in [0.2, 0.25) is 0 Å². The third-order valence-corrected chi connectivity index (χ3v) is 6.64. The number of carbonyl (C=O) groups is 1. The summed E-state index contributed by atoms with van der Waals surface area (Å²) in [5, 5.41) is 3.35. The van der Waals surface area contributed by atoms with Crippen LogP contribution in [0.5, 0.6) is 5.75 Å². The summed E-state index contributed by atoms with van der Waals surface area (Å²) in [4.78, 5) is 14.4. The van der Waals surface area contributed by atoms with Crippen LogP contribution in [0.15, 0.2) is 24.3 Å². The highest BCUT2D eigenvalue weighted by molar-refractivity contribution is 5.74. The number of urea groups is 1. The third-order valence-electron chi connectivity index (χ3n) is 6.64. The zero-order chi connectivity index (χ0) is 17.4. The topological polar surface area (TPSA) is 41.6 Å². The number of aryl methyl sites for hydroxylation is 1. The molecular formula is C21H30N2O2. The van der Waals surface area contributed by atoms with Crippen molar-refractivity contribution in [2.75, 3.05) is 20.2 Å². The van der Waals surface area contributed by atoms with Gasteiger partial charge in [0.15, 0.2) is 0 Å². The van der Waals surface area contributed by atoms with E-state index in [4.69, 9.17) is 4.74 Å². The molecule has 0 saturated heterocycles. The fourth-order valence-corrected chi connectivity index (χ4v) is 5.53. The maximum Gasteiger partial charge on any atom is 0.317 e. The van der Waals surface area contributed by atoms with Crippen molar-refractivity contribution in [3.05, 3.63) is 29.8 Å². The summed E-state index contributed by atoms with van der Waals surface area (Å²) in [6, 6.07) is 8.46. The maximum atomic E-state index is 12.6. The highest BCUT2D eigenvalue weighted by Gasteiger charge is 2.48. The van der Waals surface area contributed by atoms with E-state index in [2.05, 4.69) is 5.32 Å². The monoisotopic (exact) mass is 342 g/mol. The number of para-hydroxylation sites is 1. The van der Waals surface area contributed by atoms with Gasteiger partial charge >= 0.3 is 6.03 Å². The Morgan fingerprint density at radius 2 is 1.76 bits per heavy atom. The lowest BCUT2D eigenvalue weighted by atomic mass is 9.54. The average molecular weight is 342 g/mol. The summed E-state index contributed by atoms with van der Waals surface area (Å²) < 4.78 is 5.82. The van der Waals surface area contributed by atoms with Crippen molar-refractivity contribution in [1.29, 1.82) is 0 Å². The van der Waals surface area contributed by atoms with E-state index in [9.17, 15) is 4.79 Å². The number of rotatable bonds is 5. The quantitative estimate of drug-likeness (QED) is 0.883. The molecule has 0 heterocycles. The van der Waals surface area contributed by atoms with Crippen molar-refractivity contribution in [3.8, 4) is 5.75 Å². The van der Waals surface area contributed by atoms with Crippen molar-refractivity contribution < 1.29 is 9.53 Å². The summed E-state index contributed by atoms with van der Waals surface area (Å²) in [5.41, 5.74) is 1.13. The van der Waals surface area contributed by atoms with E-state index < -0.39 is 0 Å². The maximum absolute atomic E-state index is 12.6. The van der Waals surface area contributed by atoms with Crippen molar-refractivity contribution in [3.63, 3.8) is 0 Å². The smallest absolute Gasteiger partial charge is 0.317 e. The van der Waals surface area contributed by atoms with Gasteiger partial charge in [0.05, 0.1) is 6.54 Å². The van der Waals surface area contributed by atoms with Gasteiger partial charge in [-0.25, -0.2) is 4.79 Å². The van der Waals surface area contributed by atoms with E-state index in [1.165, 1.54) is 32.1 Å². The summed E-state index contributed by atoms with van der Waals surface area (Å²) in [6.45, 7) is 3.17. The number of hydrogen-bond donors (Lipinski definition) is 1. The molecule has 0 atom stereocenters. The first-order chi connectivity index (χ1) is 12.1. The summed E-state index contributed by atoms with van der Waals surface area (Å²) in [5.74, 6) is 4.22. The Balaban J connectivity index is 1.26. The molecular weight excluding hydrogens is 312 g/mol. The van der Waals surface area contributed by atoms with Crippen LogP contribution < -0.4 is 10.1 Å². The van der Waals surface area contributed by atoms with Gasteiger partial charge in [-0.3, -0.25) is 0 Å². The van der Waals surface area contributed by atoms with Crippen LogP contribution >= 0.6 is 0 Å². The SMILES string of the molecule is Cc1ccccc1OCCN(C)C(=O)NC1C2CC3CC(C2)CC1C3. The largest absolute Gasteiger partial charge is 0.491 e. The normalized spacial score (nSPS) is 32.5. The van der Waals surface area contributed by atoms with Crippen LogP contribution in [-0.2, 0) is 0 Å². The molecule has 4 heteroatoms. The third kappa shape index (κ3) is 3.49. The fraction of sp³-hybridized carbons (Fsp3) is 0.667. The van der Waals surface area contributed by atoms with Crippen molar-refractivity contribution >= 4 is 6.03 Å². The predicted molar refractivity (Wildman–Crippen MR) is 98.7 cm³/mol. The number of amides is 2. The average Bonchev–Trinajstić information content (AvgIpc) is 2.59. The number of benzene rings is 1. The van der Waals surface area contributed by atoms with Crippen LogP contribution in [0.4, 0.5) is 4.79 Å². The Morgan fingerprint density at radius 3 is 2.40 bits per heavy atom. The number of hydrogen-bond acceptors (Lipinski definition) is 2. The van der Waals surface area contributed by atoms with E-state index in [1.807, 2.05) is 38.2 Å². The first-order valence-corrected chi connectivity index (χ1v) is 9.80. The molecule has 1 N–H and O–H groups in total. The van der Waals surface area contributed by atoms with Gasteiger partial charge in [-0.1, -0.05) is 18.2 Å². The van der Waals surface area contributed by atoms with Gasteiger partial charge < -0.3 is 15.0 Å². The number of ether oxygens (including phenoxy) is 1. The number of nitrogens with one attached hydrogen (secondary N) is 1. The molecule has 2 amide bonds. The highest BCUT2D eigenvalue weighted by atomic mass is 16.5. The molecule has 136 valence electrons. The van der Waals surface area contributed by atoms with Crippen LogP contribution in [-0.4, -0.2) is 37.2 Å². The van der Waals surface area contributed by atoms with Crippen LogP contribution in [0, 0.1) is 30.6 Å². The molecule has 4 aliphatic carbocycles. The Kier molecular flexibility index (Phi) is 4.61. The zero-order valence-corrected chi connectivity index (χ0v) is 15.4. The molecule has 5 rings (SSSR count). The van der Waals surface area contributed by atoms with E-state index in [0.29, 0.717) is 19.2 Å². The summed E-state index contributed by atoms with van der Waals surface area (Å²) >= 11 is 0. The second-order valence-corrected chi connectivity index (χ2v) is 8.44. The highest BCUT2D eigenvalue weighted by Crippen LogP contribution is 2.53. The molecule has 4 aliphatic rings. The molecule has 1 aromatic rings. The zero-order valence-electron chi connectivity index (χ0n) is 15.4. The van der Waals surface area contributed by atoms with E-state index >= 15 is 0 Å². The molecule has 0 radical (unpaired) electrons. The minimum absolute atomic E-state index is 0.0610. The van der Waals surface area contributed by atoms with Gasteiger partial charge in [0.2, 0.25) is 0 Å². The second kappa shape index (κ2) is 6.89. The fourth-order valence-electron chi connectivity index (χ4n) is 5.53. The Morgan fingerprint density at radius 1 is 1.12 bits per heavy atom. The molecule has 4 fully saturated rings. The van der Waals surface area contributed by atoms with E-state index in [1.54, 1.807) is 4.90 Å². The molecule has 25 heavy (non-hydrogen) atoms. The Hall–Kier alpha value is -1.71. The van der Waals surface area contributed by atoms with Crippen molar-refractivity contribution in [1.82, 2.24) is 10.2 Å². The van der Waals surface area contributed by atoms with Crippen LogP contribution in [0.1, 0.15) is 37.7 Å². The second-order valence-electron chi connectivity index (χ2n) is 8.44. The number of likely N-dealkylation sites (N-methyl/N-ethyl adjacent to an activating group) is 1. The molecule has 0 aromatic heterocycles. The van der Waals surface area contributed by atoms with Crippen LogP contribution in [0.25, 0.3) is 0 Å². The predicted octanol–water partition coefficient (Wildman–Crippen LogP) is 3.84. The number of carbonyl (C=O) groups excluding carboxylic acids is 1. The van der Waals surface area contributed by atoms with E-state index in [-0.39, 0.29) is 6.03 Å². The molecule has 1 aromatic carbocycles.